The summed E-state index contributed by atoms with van der Waals surface area (Å²) in [6.07, 6.45) is 1.74. The first-order valence-corrected chi connectivity index (χ1v) is 12.5. The van der Waals surface area contributed by atoms with E-state index in [1.165, 1.54) is 39.9 Å². The van der Waals surface area contributed by atoms with Gasteiger partial charge < -0.3 is 0 Å². The maximum Gasteiger partial charge on any atom is 0.269 e. The molecule has 1 amide bonds. The fourth-order valence-electron chi connectivity index (χ4n) is 3.77. The van der Waals surface area contributed by atoms with Crippen molar-refractivity contribution in [2.75, 3.05) is 18.5 Å². The number of nitrogens with one attached hydrogen (secondary N) is 2. The van der Waals surface area contributed by atoms with Gasteiger partial charge in [0.15, 0.2) is 0 Å². The Kier molecular flexibility index (Phi) is 6.00. The summed E-state index contributed by atoms with van der Waals surface area (Å²) in [5.74, 6) is 0.191. The predicted molar refractivity (Wildman–Crippen MR) is 124 cm³/mol. The summed E-state index contributed by atoms with van der Waals surface area (Å²) in [6, 6.07) is 10.2. The van der Waals surface area contributed by atoms with Crippen LogP contribution in [0.15, 0.2) is 41.3 Å². The Hall–Kier alpha value is -2.49. The van der Waals surface area contributed by atoms with E-state index >= 15 is 0 Å². The third-order valence-electron chi connectivity index (χ3n) is 5.60. The van der Waals surface area contributed by atoms with Crippen LogP contribution in [0.1, 0.15) is 41.3 Å². The van der Waals surface area contributed by atoms with E-state index in [4.69, 9.17) is 0 Å². The van der Waals surface area contributed by atoms with Crippen LogP contribution in [0.5, 0.6) is 0 Å². The molecule has 0 saturated carbocycles. The Labute approximate surface area is 186 Å². The lowest BCUT2D eigenvalue weighted by atomic mass is 10.0. The standard InChI is InChI=1S/C22H26N4O3S2/c1-14-8-10-26(11-9-14)31(28,29)18-6-4-17(5-7-18)21(27)24-25-22-23-19-13-15(2)12-16(3)20(19)30-22/h4-7,12-14H,8-11H2,1-3H3,(H,23,25)(H,24,27). The van der Waals surface area contributed by atoms with Gasteiger partial charge in [0.05, 0.1) is 15.1 Å². The van der Waals surface area contributed by atoms with Crippen molar-refractivity contribution in [3.8, 4) is 0 Å². The molecule has 31 heavy (non-hydrogen) atoms. The number of fused-ring (bicyclic) bond motifs is 1. The second-order valence-electron chi connectivity index (χ2n) is 8.14. The van der Waals surface area contributed by atoms with Crippen molar-refractivity contribution in [1.82, 2.24) is 14.7 Å². The number of carbonyl (C=O) groups excluding carboxylic acids is 1. The number of sulfonamides is 1. The highest BCUT2D eigenvalue weighted by atomic mass is 32.2. The van der Waals surface area contributed by atoms with E-state index in [0.29, 0.717) is 29.7 Å². The van der Waals surface area contributed by atoms with Gasteiger partial charge in [-0.2, -0.15) is 4.31 Å². The number of amides is 1. The zero-order valence-corrected chi connectivity index (χ0v) is 19.4. The first-order chi connectivity index (χ1) is 14.7. The topological polar surface area (TPSA) is 91.4 Å². The van der Waals surface area contributed by atoms with Crippen LogP contribution in [-0.4, -0.2) is 36.7 Å². The molecule has 2 heterocycles. The number of thiazole rings is 1. The summed E-state index contributed by atoms with van der Waals surface area (Å²) in [5.41, 5.74) is 9.04. The van der Waals surface area contributed by atoms with E-state index in [2.05, 4.69) is 28.8 Å². The average Bonchev–Trinajstić information content (AvgIpc) is 3.15. The molecule has 1 aromatic heterocycles. The molecule has 1 aliphatic heterocycles. The van der Waals surface area contributed by atoms with Crippen molar-refractivity contribution in [1.29, 1.82) is 0 Å². The minimum Gasteiger partial charge on any atom is -0.273 e. The van der Waals surface area contributed by atoms with Crippen molar-refractivity contribution in [3.63, 3.8) is 0 Å². The van der Waals surface area contributed by atoms with Crippen LogP contribution in [0.3, 0.4) is 0 Å². The van der Waals surface area contributed by atoms with E-state index in [-0.39, 0.29) is 10.8 Å². The second kappa shape index (κ2) is 8.57. The molecule has 1 saturated heterocycles. The number of aromatic nitrogens is 1. The molecule has 0 atom stereocenters. The largest absolute Gasteiger partial charge is 0.273 e. The molecule has 0 aliphatic carbocycles. The smallest absolute Gasteiger partial charge is 0.269 e. The number of carbonyl (C=O) groups is 1. The van der Waals surface area contributed by atoms with Crippen molar-refractivity contribution < 1.29 is 13.2 Å². The molecule has 9 heteroatoms. The molecule has 3 aromatic rings. The van der Waals surface area contributed by atoms with E-state index < -0.39 is 10.0 Å². The van der Waals surface area contributed by atoms with E-state index in [1.807, 2.05) is 19.9 Å². The van der Waals surface area contributed by atoms with Crippen molar-refractivity contribution in [3.05, 3.63) is 53.1 Å². The zero-order valence-electron chi connectivity index (χ0n) is 17.8. The van der Waals surface area contributed by atoms with Gasteiger partial charge >= 0.3 is 0 Å². The maximum absolute atomic E-state index is 12.8. The van der Waals surface area contributed by atoms with Gasteiger partial charge in [0.1, 0.15) is 0 Å². The molecule has 0 radical (unpaired) electrons. The number of hydrogen-bond donors (Lipinski definition) is 2. The number of piperidine rings is 1. The molecule has 164 valence electrons. The van der Waals surface area contributed by atoms with Gasteiger partial charge in [-0.15, -0.1) is 0 Å². The predicted octanol–water partition coefficient (Wildman–Crippen LogP) is 4.09. The number of hydrogen-bond acceptors (Lipinski definition) is 6. The number of aryl methyl sites for hydroxylation is 2. The highest BCUT2D eigenvalue weighted by Gasteiger charge is 2.28. The molecule has 2 aromatic carbocycles. The molecule has 2 N–H and O–H groups in total. The first kappa shape index (κ1) is 21.7. The molecule has 0 unspecified atom stereocenters. The molecule has 4 rings (SSSR count). The summed E-state index contributed by atoms with van der Waals surface area (Å²) in [5, 5.41) is 0.593. The summed E-state index contributed by atoms with van der Waals surface area (Å²) in [4.78, 5) is 17.2. The van der Waals surface area contributed by atoms with E-state index in [0.717, 1.165) is 34.2 Å². The fourth-order valence-corrected chi connectivity index (χ4v) is 6.10. The SMILES string of the molecule is Cc1cc(C)c2sc(NNC(=O)c3ccc(S(=O)(=O)N4CCC(C)CC4)cc3)nc2c1. The summed E-state index contributed by atoms with van der Waals surface area (Å²) in [6.45, 7) is 7.28. The lowest BCUT2D eigenvalue weighted by Gasteiger charge is -2.29. The summed E-state index contributed by atoms with van der Waals surface area (Å²) < 4.78 is 28.3. The number of rotatable bonds is 5. The Morgan fingerprint density at radius 2 is 1.81 bits per heavy atom. The summed E-state index contributed by atoms with van der Waals surface area (Å²) >= 11 is 1.47. The minimum absolute atomic E-state index is 0.212. The van der Waals surface area contributed by atoms with Crippen LogP contribution in [0.4, 0.5) is 5.13 Å². The van der Waals surface area contributed by atoms with Crippen LogP contribution in [-0.2, 0) is 10.0 Å². The Morgan fingerprint density at radius 3 is 2.48 bits per heavy atom. The molecule has 1 fully saturated rings. The number of hydrazine groups is 1. The minimum atomic E-state index is -3.53. The van der Waals surface area contributed by atoms with Crippen LogP contribution in [0.25, 0.3) is 10.2 Å². The van der Waals surface area contributed by atoms with Gasteiger partial charge in [0, 0.05) is 18.7 Å². The third-order valence-corrected chi connectivity index (χ3v) is 8.63. The molecular formula is C22H26N4O3S2. The Morgan fingerprint density at radius 1 is 1.13 bits per heavy atom. The Balaban J connectivity index is 1.42. The quantitative estimate of drug-likeness (QED) is 0.562. The van der Waals surface area contributed by atoms with Gasteiger partial charge in [-0.05, 0) is 74.1 Å². The second-order valence-corrected chi connectivity index (χ2v) is 11.1. The van der Waals surface area contributed by atoms with Crippen LogP contribution in [0, 0.1) is 19.8 Å². The molecule has 0 bridgehead atoms. The van der Waals surface area contributed by atoms with Gasteiger partial charge in [0.25, 0.3) is 5.91 Å². The van der Waals surface area contributed by atoms with Crippen LogP contribution >= 0.6 is 11.3 Å². The molecule has 7 nitrogen and oxygen atoms in total. The Bertz CT molecular complexity index is 1210. The fraction of sp³-hybridized carbons (Fsp3) is 0.364. The molecule has 0 spiro atoms. The van der Waals surface area contributed by atoms with Crippen LogP contribution < -0.4 is 10.9 Å². The van der Waals surface area contributed by atoms with E-state index in [9.17, 15) is 13.2 Å². The number of nitrogens with zero attached hydrogens (tertiary/aromatic N) is 2. The lowest BCUT2D eigenvalue weighted by Crippen LogP contribution is -2.37. The lowest BCUT2D eigenvalue weighted by molar-refractivity contribution is 0.0962. The van der Waals surface area contributed by atoms with Crippen LogP contribution in [0.2, 0.25) is 0 Å². The van der Waals surface area contributed by atoms with Crippen molar-refractivity contribution in [2.24, 2.45) is 5.92 Å². The third kappa shape index (κ3) is 4.58. The summed E-state index contributed by atoms with van der Waals surface area (Å²) in [7, 11) is -3.53. The highest BCUT2D eigenvalue weighted by Crippen LogP contribution is 2.29. The maximum atomic E-state index is 12.8. The van der Waals surface area contributed by atoms with Crippen molar-refractivity contribution >= 4 is 42.6 Å². The first-order valence-electron chi connectivity index (χ1n) is 10.3. The number of anilines is 1. The van der Waals surface area contributed by atoms with Gasteiger partial charge in [-0.1, -0.05) is 24.3 Å². The van der Waals surface area contributed by atoms with Crippen molar-refractivity contribution in [2.45, 2.75) is 38.5 Å². The normalized spacial score (nSPS) is 15.8. The average molecular weight is 459 g/mol. The van der Waals surface area contributed by atoms with Gasteiger partial charge in [-0.25, -0.2) is 13.4 Å². The van der Waals surface area contributed by atoms with Gasteiger partial charge in [0.2, 0.25) is 15.2 Å². The van der Waals surface area contributed by atoms with Gasteiger partial charge in [-0.3, -0.25) is 15.6 Å². The highest BCUT2D eigenvalue weighted by molar-refractivity contribution is 7.89. The van der Waals surface area contributed by atoms with E-state index in [1.54, 1.807) is 0 Å². The zero-order chi connectivity index (χ0) is 22.2. The molecule has 1 aliphatic rings. The number of benzene rings is 2. The molecular weight excluding hydrogens is 432 g/mol. The monoisotopic (exact) mass is 458 g/mol.